The average molecular weight is 282 g/mol. The molecule has 1 saturated heterocycles. The van der Waals surface area contributed by atoms with Crippen LogP contribution in [0.1, 0.15) is 58.3 Å². The van der Waals surface area contributed by atoms with Gasteiger partial charge in [0.1, 0.15) is 0 Å². The van der Waals surface area contributed by atoms with Crippen LogP contribution in [-0.2, 0) is 4.74 Å². The summed E-state index contributed by atoms with van der Waals surface area (Å²) < 4.78 is 4.76. The Morgan fingerprint density at radius 3 is 2.70 bits per heavy atom. The zero-order valence-corrected chi connectivity index (χ0v) is 13.1. The number of likely N-dealkylation sites (tertiary alicyclic amines) is 1. The normalized spacial score (nSPS) is 28.5. The molecule has 1 amide bonds. The first kappa shape index (κ1) is 15.6. The molecule has 2 rings (SSSR count). The van der Waals surface area contributed by atoms with Crippen LogP contribution in [0.15, 0.2) is 0 Å². The van der Waals surface area contributed by atoms with Gasteiger partial charge in [0, 0.05) is 25.2 Å². The molecule has 1 aliphatic heterocycles. The number of alkyl carbamates (subject to hydrolysis) is 1. The molecule has 2 fully saturated rings. The third kappa shape index (κ3) is 4.37. The Kier molecular flexibility index (Phi) is 6.14. The molecule has 2 unspecified atom stereocenters. The Hall–Kier alpha value is -0.770. The minimum absolute atomic E-state index is 0.263. The van der Waals surface area contributed by atoms with Gasteiger partial charge >= 0.3 is 6.09 Å². The largest absolute Gasteiger partial charge is 0.453 e. The Morgan fingerprint density at radius 1 is 1.30 bits per heavy atom. The number of nitrogens with zero attached hydrogens (tertiary/aromatic N) is 1. The maximum Gasteiger partial charge on any atom is 0.407 e. The van der Waals surface area contributed by atoms with Crippen molar-refractivity contribution in [2.75, 3.05) is 20.2 Å². The molecule has 0 aromatic carbocycles. The second-order valence-corrected chi connectivity index (χ2v) is 6.47. The van der Waals surface area contributed by atoms with E-state index in [2.05, 4.69) is 17.1 Å². The lowest BCUT2D eigenvalue weighted by molar-refractivity contribution is 0.0896. The topological polar surface area (TPSA) is 41.6 Å². The third-order valence-electron chi connectivity index (χ3n) is 4.88. The molecule has 1 aliphatic carbocycles. The van der Waals surface area contributed by atoms with Crippen LogP contribution < -0.4 is 5.32 Å². The summed E-state index contributed by atoms with van der Waals surface area (Å²) in [7, 11) is 1.45. The number of unbranched alkanes of at least 4 members (excludes halogenated alkanes) is 1. The van der Waals surface area contributed by atoms with Crippen molar-refractivity contribution in [2.24, 2.45) is 5.92 Å². The van der Waals surface area contributed by atoms with Crippen molar-refractivity contribution in [3.8, 4) is 0 Å². The smallest absolute Gasteiger partial charge is 0.407 e. The van der Waals surface area contributed by atoms with Crippen molar-refractivity contribution < 1.29 is 9.53 Å². The van der Waals surface area contributed by atoms with E-state index >= 15 is 0 Å². The first-order valence-corrected chi connectivity index (χ1v) is 8.31. The summed E-state index contributed by atoms with van der Waals surface area (Å²) in [4.78, 5) is 14.1. The Bertz CT molecular complexity index is 303. The summed E-state index contributed by atoms with van der Waals surface area (Å²) in [6.07, 6.45) is 10.1. The summed E-state index contributed by atoms with van der Waals surface area (Å²) in [6.45, 7) is 4.48. The highest BCUT2D eigenvalue weighted by molar-refractivity contribution is 5.67. The van der Waals surface area contributed by atoms with E-state index in [1.165, 1.54) is 58.6 Å². The minimum Gasteiger partial charge on any atom is -0.453 e. The summed E-state index contributed by atoms with van der Waals surface area (Å²) in [5.41, 5.74) is 0. The van der Waals surface area contributed by atoms with Gasteiger partial charge in [-0.1, -0.05) is 32.6 Å². The number of carbonyl (C=O) groups excluding carboxylic acids is 1. The van der Waals surface area contributed by atoms with Crippen LogP contribution in [0.25, 0.3) is 0 Å². The molecular weight excluding hydrogens is 252 g/mol. The maximum atomic E-state index is 11.5. The van der Waals surface area contributed by atoms with Gasteiger partial charge in [-0.2, -0.15) is 0 Å². The van der Waals surface area contributed by atoms with Crippen LogP contribution in [0, 0.1) is 5.92 Å². The Morgan fingerprint density at radius 2 is 2.05 bits per heavy atom. The van der Waals surface area contributed by atoms with Crippen molar-refractivity contribution in [3.05, 3.63) is 0 Å². The molecule has 1 N–H and O–H groups in total. The Balaban J connectivity index is 1.92. The standard InChI is InChI=1S/C16H30N2O2/c1-3-4-7-13-10-14(17-16(19)20-2)12-18(11-13)15-8-5-6-9-15/h13-15H,3-12H2,1-2H3,(H,17,19). The van der Waals surface area contributed by atoms with Crippen molar-refractivity contribution >= 4 is 6.09 Å². The van der Waals surface area contributed by atoms with Gasteiger partial charge in [0.15, 0.2) is 0 Å². The van der Waals surface area contributed by atoms with E-state index in [-0.39, 0.29) is 12.1 Å². The molecule has 0 spiro atoms. The molecule has 0 bridgehead atoms. The van der Waals surface area contributed by atoms with Gasteiger partial charge in [0.25, 0.3) is 0 Å². The van der Waals surface area contributed by atoms with Crippen LogP contribution in [-0.4, -0.2) is 43.3 Å². The van der Waals surface area contributed by atoms with Gasteiger partial charge in [-0.25, -0.2) is 4.79 Å². The predicted octanol–water partition coefficient (Wildman–Crippen LogP) is 3.17. The summed E-state index contributed by atoms with van der Waals surface area (Å²) in [5, 5.41) is 3.03. The number of carbonyl (C=O) groups is 1. The number of methoxy groups -OCH3 is 1. The molecule has 1 heterocycles. The van der Waals surface area contributed by atoms with Crippen LogP contribution in [0.2, 0.25) is 0 Å². The summed E-state index contributed by atoms with van der Waals surface area (Å²) in [6, 6.07) is 1.01. The molecular formula is C16H30N2O2. The van der Waals surface area contributed by atoms with Crippen molar-refractivity contribution in [1.29, 1.82) is 0 Å². The zero-order valence-electron chi connectivity index (χ0n) is 13.1. The van der Waals surface area contributed by atoms with Gasteiger partial charge in [-0.3, -0.25) is 4.90 Å². The molecule has 1 saturated carbocycles. The van der Waals surface area contributed by atoms with Gasteiger partial charge < -0.3 is 10.1 Å². The van der Waals surface area contributed by atoms with E-state index in [1.54, 1.807) is 0 Å². The highest BCUT2D eigenvalue weighted by Gasteiger charge is 2.32. The van der Waals surface area contributed by atoms with Crippen LogP contribution in [0.5, 0.6) is 0 Å². The van der Waals surface area contributed by atoms with Gasteiger partial charge in [-0.05, 0) is 31.6 Å². The van der Waals surface area contributed by atoms with E-state index in [0.717, 1.165) is 24.9 Å². The SMILES string of the molecule is CCCCC1CC(NC(=O)OC)CN(C2CCCC2)C1. The Labute approximate surface area is 123 Å². The van der Waals surface area contributed by atoms with Crippen LogP contribution in [0.4, 0.5) is 4.79 Å². The number of nitrogens with one attached hydrogen (secondary N) is 1. The first-order chi connectivity index (χ1) is 9.72. The number of hydrogen-bond donors (Lipinski definition) is 1. The van der Waals surface area contributed by atoms with Gasteiger partial charge in [0.05, 0.1) is 7.11 Å². The lowest BCUT2D eigenvalue weighted by atomic mass is 9.89. The summed E-state index contributed by atoms with van der Waals surface area (Å²) >= 11 is 0. The maximum absolute atomic E-state index is 11.5. The van der Waals surface area contributed by atoms with E-state index < -0.39 is 0 Å². The predicted molar refractivity (Wildman–Crippen MR) is 80.8 cm³/mol. The fraction of sp³-hybridized carbons (Fsp3) is 0.938. The van der Waals surface area contributed by atoms with E-state index in [1.807, 2.05) is 0 Å². The fourth-order valence-corrected chi connectivity index (χ4v) is 3.84. The molecule has 0 radical (unpaired) electrons. The lowest BCUT2D eigenvalue weighted by Gasteiger charge is -2.41. The van der Waals surface area contributed by atoms with E-state index in [9.17, 15) is 4.79 Å². The van der Waals surface area contributed by atoms with E-state index in [0.29, 0.717) is 0 Å². The fourth-order valence-electron chi connectivity index (χ4n) is 3.84. The van der Waals surface area contributed by atoms with Crippen LogP contribution >= 0.6 is 0 Å². The molecule has 20 heavy (non-hydrogen) atoms. The van der Waals surface area contributed by atoms with Gasteiger partial charge in [0.2, 0.25) is 0 Å². The van der Waals surface area contributed by atoms with Crippen molar-refractivity contribution in [3.63, 3.8) is 0 Å². The highest BCUT2D eigenvalue weighted by Crippen LogP contribution is 2.29. The minimum atomic E-state index is -0.280. The monoisotopic (exact) mass is 282 g/mol. The van der Waals surface area contributed by atoms with Crippen molar-refractivity contribution in [2.45, 2.75) is 70.4 Å². The number of rotatable bonds is 5. The highest BCUT2D eigenvalue weighted by atomic mass is 16.5. The quantitative estimate of drug-likeness (QED) is 0.842. The van der Waals surface area contributed by atoms with E-state index in [4.69, 9.17) is 4.74 Å². The third-order valence-corrected chi connectivity index (χ3v) is 4.88. The second kappa shape index (κ2) is 7.87. The number of ether oxygens (including phenoxy) is 1. The van der Waals surface area contributed by atoms with Crippen LogP contribution in [0.3, 0.4) is 0 Å². The number of hydrogen-bond acceptors (Lipinski definition) is 3. The number of amides is 1. The second-order valence-electron chi connectivity index (χ2n) is 6.47. The van der Waals surface area contributed by atoms with Gasteiger partial charge in [-0.15, -0.1) is 0 Å². The molecule has 0 aromatic rings. The first-order valence-electron chi connectivity index (χ1n) is 8.31. The molecule has 4 nitrogen and oxygen atoms in total. The molecule has 4 heteroatoms. The molecule has 2 atom stereocenters. The zero-order chi connectivity index (χ0) is 14.4. The summed E-state index contributed by atoms with van der Waals surface area (Å²) in [5.74, 6) is 0.728. The molecule has 116 valence electrons. The molecule has 2 aliphatic rings. The average Bonchev–Trinajstić information content (AvgIpc) is 2.99. The number of piperidine rings is 1. The lowest BCUT2D eigenvalue weighted by Crippen LogP contribution is -2.53. The molecule has 0 aromatic heterocycles. The van der Waals surface area contributed by atoms with Crippen molar-refractivity contribution in [1.82, 2.24) is 10.2 Å².